The Morgan fingerprint density at radius 2 is 1.84 bits per heavy atom. The van der Waals surface area contributed by atoms with Crippen LogP contribution in [0.1, 0.15) is 34.1 Å². The molecule has 0 aliphatic carbocycles. The SMILES string of the molecule is C/C=c1\c(=C/CC)ncn1CC(O)Cn1ccc2ccccc21.CC. The van der Waals surface area contributed by atoms with Gasteiger partial charge in [0.15, 0.2) is 0 Å². The number of imidazole rings is 1. The molecule has 3 rings (SSSR count). The summed E-state index contributed by atoms with van der Waals surface area (Å²) in [6.45, 7) is 9.22. The molecule has 2 aromatic heterocycles. The van der Waals surface area contributed by atoms with E-state index in [9.17, 15) is 5.11 Å². The lowest BCUT2D eigenvalue weighted by molar-refractivity contribution is 0.135. The van der Waals surface area contributed by atoms with Gasteiger partial charge in [0.25, 0.3) is 0 Å². The molecule has 0 saturated heterocycles. The first-order valence-electron chi connectivity index (χ1n) is 9.12. The zero-order valence-corrected chi connectivity index (χ0v) is 15.7. The Morgan fingerprint density at radius 1 is 1.12 bits per heavy atom. The molecule has 0 spiro atoms. The van der Waals surface area contributed by atoms with Crippen LogP contribution in [0.5, 0.6) is 0 Å². The lowest BCUT2D eigenvalue weighted by Crippen LogP contribution is -2.33. The molecule has 2 heterocycles. The first kappa shape index (κ1) is 19.0. The predicted octanol–water partition coefficient (Wildman–Crippen LogP) is 2.92. The van der Waals surface area contributed by atoms with Gasteiger partial charge in [0.05, 0.1) is 36.2 Å². The molecule has 0 fully saturated rings. The van der Waals surface area contributed by atoms with Gasteiger partial charge in [0.2, 0.25) is 0 Å². The third kappa shape index (κ3) is 4.40. The molecule has 4 nitrogen and oxygen atoms in total. The van der Waals surface area contributed by atoms with Crippen LogP contribution in [0.15, 0.2) is 42.9 Å². The highest BCUT2D eigenvalue weighted by Gasteiger charge is 2.09. The highest BCUT2D eigenvalue weighted by molar-refractivity contribution is 5.79. The number of aliphatic hydroxyl groups is 1. The number of rotatable bonds is 5. The Morgan fingerprint density at radius 3 is 2.56 bits per heavy atom. The quantitative estimate of drug-likeness (QED) is 0.777. The van der Waals surface area contributed by atoms with Gasteiger partial charge in [-0.1, -0.05) is 51.1 Å². The number of para-hydroxylation sites is 1. The average Bonchev–Trinajstić information content (AvgIpc) is 3.21. The Hall–Kier alpha value is -2.33. The topological polar surface area (TPSA) is 43.0 Å². The summed E-state index contributed by atoms with van der Waals surface area (Å²) in [4.78, 5) is 4.43. The maximum atomic E-state index is 10.5. The molecule has 25 heavy (non-hydrogen) atoms. The van der Waals surface area contributed by atoms with E-state index in [0.717, 1.165) is 22.6 Å². The second-order valence-electron chi connectivity index (χ2n) is 5.75. The minimum atomic E-state index is -0.465. The van der Waals surface area contributed by atoms with Crippen LogP contribution in [-0.2, 0) is 13.1 Å². The van der Waals surface area contributed by atoms with E-state index < -0.39 is 6.10 Å². The van der Waals surface area contributed by atoms with Gasteiger partial charge in [-0.05, 0) is 30.9 Å². The molecular formula is C21H29N3O. The summed E-state index contributed by atoms with van der Waals surface area (Å²) in [6, 6.07) is 10.3. The fourth-order valence-corrected chi connectivity index (χ4v) is 3.03. The predicted molar refractivity (Wildman–Crippen MR) is 106 cm³/mol. The molecule has 4 heteroatoms. The van der Waals surface area contributed by atoms with Gasteiger partial charge in [-0.25, -0.2) is 4.98 Å². The van der Waals surface area contributed by atoms with Crippen molar-refractivity contribution >= 4 is 23.1 Å². The zero-order chi connectivity index (χ0) is 18.2. The van der Waals surface area contributed by atoms with E-state index >= 15 is 0 Å². The molecule has 134 valence electrons. The summed E-state index contributed by atoms with van der Waals surface area (Å²) >= 11 is 0. The fraction of sp³-hybridized carbons (Fsp3) is 0.381. The molecular weight excluding hydrogens is 310 g/mol. The van der Waals surface area contributed by atoms with E-state index in [2.05, 4.69) is 40.7 Å². The van der Waals surface area contributed by atoms with E-state index in [4.69, 9.17) is 0 Å². The summed E-state index contributed by atoms with van der Waals surface area (Å²) in [7, 11) is 0. The second-order valence-corrected chi connectivity index (χ2v) is 5.75. The molecule has 0 saturated carbocycles. The molecule has 1 N–H and O–H groups in total. The highest BCUT2D eigenvalue weighted by Crippen LogP contribution is 2.15. The zero-order valence-electron chi connectivity index (χ0n) is 15.7. The van der Waals surface area contributed by atoms with E-state index in [-0.39, 0.29) is 0 Å². The van der Waals surface area contributed by atoms with Gasteiger partial charge in [-0.15, -0.1) is 0 Å². The summed E-state index contributed by atoms with van der Waals surface area (Å²) in [5.74, 6) is 0. The smallest absolute Gasteiger partial charge is 0.0959 e. The van der Waals surface area contributed by atoms with Gasteiger partial charge in [0, 0.05) is 11.7 Å². The third-order valence-corrected chi connectivity index (χ3v) is 4.07. The van der Waals surface area contributed by atoms with Crippen LogP contribution < -0.4 is 10.7 Å². The minimum Gasteiger partial charge on any atom is -0.389 e. The molecule has 0 radical (unpaired) electrons. The van der Waals surface area contributed by atoms with Crippen LogP contribution in [0.3, 0.4) is 0 Å². The van der Waals surface area contributed by atoms with Crippen LogP contribution in [0.4, 0.5) is 0 Å². The van der Waals surface area contributed by atoms with Crippen molar-refractivity contribution in [3.63, 3.8) is 0 Å². The average molecular weight is 339 g/mol. The summed E-state index contributed by atoms with van der Waals surface area (Å²) in [5.41, 5.74) is 1.15. The molecule has 1 unspecified atom stereocenters. The summed E-state index contributed by atoms with van der Waals surface area (Å²) < 4.78 is 4.13. The molecule has 1 atom stereocenters. The van der Waals surface area contributed by atoms with E-state index in [1.807, 2.05) is 56.1 Å². The largest absolute Gasteiger partial charge is 0.389 e. The van der Waals surface area contributed by atoms with Crippen LogP contribution in [-0.4, -0.2) is 25.3 Å². The first-order chi connectivity index (χ1) is 12.2. The van der Waals surface area contributed by atoms with Gasteiger partial charge < -0.3 is 14.2 Å². The summed E-state index contributed by atoms with van der Waals surface area (Å²) in [5, 5.41) is 13.8. The van der Waals surface area contributed by atoms with E-state index in [0.29, 0.717) is 13.1 Å². The number of aliphatic hydroxyl groups excluding tert-OH is 1. The van der Waals surface area contributed by atoms with Crippen molar-refractivity contribution in [3.05, 3.63) is 53.6 Å². The van der Waals surface area contributed by atoms with Gasteiger partial charge in [0.1, 0.15) is 0 Å². The second kappa shape index (κ2) is 9.23. The molecule has 0 amide bonds. The van der Waals surface area contributed by atoms with Gasteiger partial charge in [-0.3, -0.25) is 0 Å². The lowest BCUT2D eigenvalue weighted by Gasteiger charge is -2.13. The third-order valence-electron chi connectivity index (χ3n) is 4.07. The van der Waals surface area contributed by atoms with Crippen molar-refractivity contribution in [3.8, 4) is 0 Å². The maximum absolute atomic E-state index is 10.5. The monoisotopic (exact) mass is 339 g/mol. The first-order valence-corrected chi connectivity index (χ1v) is 9.12. The number of hydrogen-bond acceptors (Lipinski definition) is 2. The molecule has 0 aliphatic rings. The van der Waals surface area contributed by atoms with Crippen molar-refractivity contribution in [2.75, 3.05) is 0 Å². The van der Waals surface area contributed by atoms with Crippen LogP contribution >= 0.6 is 0 Å². The number of benzene rings is 1. The van der Waals surface area contributed by atoms with Gasteiger partial charge in [-0.2, -0.15) is 0 Å². The normalized spacial score (nSPS) is 13.8. The van der Waals surface area contributed by atoms with Crippen LogP contribution in [0.2, 0.25) is 0 Å². The van der Waals surface area contributed by atoms with Gasteiger partial charge >= 0.3 is 0 Å². The van der Waals surface area contributed by atoms with Crippen molar-refractivity contribution in [2.45, 2.75) is 53.3 Å². The Balaban J connectivity index is 0.00000109. The Kier molecular flexibility index (Phi) is 7.02. The Bertz CT molecular complexity index is 905. The number of fused-ring (bicyclic) bond motifs is 1. The van der Waals surface area contributed by atoms with Crippen LogP contribution in [0, 0.1) is 0 Å². The minimum absolute atomic E-state index is 0.465. The maximum Gasteiger partial charge on any atom is 0.0959 e. The van der Waals surface area contributed by atoms with Crippen molar-refractivity contribution in [2.24, 2.45) is 0 Å². The van der Waals surface area contributed by atoms with Crippen molar-refractivity contribution < 1.29 is 5.11 Å². The lowest BCUT2D eigenvalue weighted by atomic mass is 10.2. The highest BCUT2D eigenvalue weighted by atomic mass is 16.3. The Labute approximate surface area is 149 Å². The van der Waals surface area contributed by atoms with E-state index in [1.54, 1.807) is 0 Å². The van der Waals surface area contributed by atoms with Crippen molar-refractivity contribution in [1.29, 1.82) is 0 Å². The van der Waals surface area contributed by atoms with E-state index in [1.165, 1.54) is 5.39 Å². The number of hydrogen-bond donors (Lipinski definition) is 1. The standard InChI is InChI=1S/C19H23N3O.C2H6/c1-3-7-17-18(4-2)22(14-20-17)13-16(23)12-21-11-10-15-8-5-6-9-19(15)21;1-2/h4-11,14,16,23H,3,12-13H2,1-2H3;1-2H3/b17-7+,18-4+;. The number of nitrogens with zero attached hydrogens (tertiary/aromatic N) is 3. The molecule has 0 bridgehead atoms. The molecule has 0 aliphatic heterocycles. The van der Waals surface area contributed by atoms with Crippen LogP contribution in [0.25, 0.3) is 23.1 Å². The van der Waals surface area contributed by atoms with Crippen molar-refractivity contribution in [1.82, 2.24) is 14.1 Å². The summed E-state index contributed by atoms with van der Waals surface area (Å²) in [6.07, 6.45) is 8.49. The molecule has 1 aromatic carbocycles. The number of aromatic nitrogens is 3. The fourth-order valence-electron chi connectivity index (χ4n) is 3.03. The molecule has 3 aromatic rings.